The van der Waals surface area contributed by atoms with E-state index in [4.69, 9.17) is 9.15 Å². The molecule has 0 fully saturated rings. The smallest absolute Gasteiger partial charge is 0.224 e. The molecule has 0 saturated carbocycles. The van der Waals surface area contributed by atoms with E-state index >= 15 is 0 Å². The molecule has 4 heteroatoms. The van der Waals surface area contributed by atoms with Crippen LogP contribution in [0.25, 0.3) is 11.0 Å². The molecular formula is C21H23NO3. The number of nitrogens with one attached hydrogen (secondary N) is 1. The normalized spacial score (nSPS) is 12.1. The van der Waals surface area contributed by atoms with Crippen LogP contribution in [0, 0.1) is 0 Å². The van der Waals surface area contributed by atoms with Gasteiger partial charge in [-0.15, -0.1) is 0 Å². The van der Waals surface area contributed by atoms with Crippen LogP contribution in [-0.2, 0) is 17.6 Å². The highest BCUT2D eigenvalue weighted by Gasteiger charge is 2.12. The number of benzene rings is 2. The van der Waals surface area contributed by atoms with Gasteiger partial charge in [0, 0.05) is 17.8 Å². The third-order valence-corrected chi connectivity index (χ3v) is 3.99. The number of furan rings is 1. The standard InChI is InChI=1S/C21H23NO3/c1-3-24-18-10-8-16(9-11-18)13-21(23)22-15(2)12-19-14-17-6-4-5-7-20(17)25-19/h4-11,14-15H,3,12-13H2,1-2H3,(H,22,23)/t15-/m1/s1. The number of hydrogen-bond donors (Lipinski definition) is 1. The van der Waals surface area contributed by atoms with Crippen molar-refractivity contribution in [2.45, 2.75) is 32.7 Å². The van der Waals surface area contributed by atoms with Gasteiger partial charge in [0.15, 0.2) is 0 Å². The van der Waals surface area contributed by atoms with Crippen molar-refractivity contribution in [1.29, 1.82) is 0 Å². The first kappa shape index (κ1) is 17.1. The van der Waals surface area contributed by atoms with Crippen molar-refractivity contribution in [3.8, 4) is 5.75 Å². The molecule has 3 rings (SSSR count). The largest absolute Gasteiger partial charge is 0.494 e. The second-order valence-electron chi connectivity index (χ2n) is 6.18. The average molecular weight is 337 g/mol. The summed E-state index contributed by atoms with van der Waals surface area (Å²) in [5.41, 5.74) is 1.85. The fourth-order valence-corrected chi connectivity index (χ4v) is 2.87. The third-order valence-electron chi connectivity index (χ3n) is 3.99. The Bertz CT molecular complexity index is 803. The molecule has 0 radical (unpaired) electrons. The van der Waals surface area contributed by atoms with E-state index in [2.05, 4.69) is 5.32 Å². The molecule has 130 valence electrons. The number of para-hydroxylation sites is 1. The molecule has 0 aliphatic carbocycles. The number of ether oxygens (including phenoxy) is 1. The van der Waals surface area contributed by atoms with Gasteiger partial charge < -0.3 is 14.5 Å². The number of carbonyl (C=O) groups excluding carboxylic acids is 1. The number of rotatable bonds is 7. The topological polar surface area (TPSA) is 51.5 Å². The first-order valence-electron chi connectivity index (χ1n) is 8.62. The van der Waals surface area contributed by atoms with E-state index in [0.717, 1.165) is 28.0 Å². The molecule has 1 amide bonds. The quantitative estimate of drug-likeness (QED) is 0.705. The molecule has 3 aromatic rings. The molecular weight excluding hydrogens is 314 g/mol. The summed E-state index contributed by atoms with van der Waals surface area (Å²) in [6.45, 7) is 4.58. The van der Waals surface area contributed by atoms with E-state index in [1.54, 1.807) is 0 Å². The summed E-state index contributed by atoms with van der Waals surface area (Å²) in [5, 5.41) is 4.12. The van der Waals surface area contributed by atoms with E-state index < -0.39 is 0 Å². The van der Waals surface area contributed by atoms with Gasteiger partial charge in [-0.2, -0.15) is 0 Å². The fraction of sp³-hybridized carbons (Fsp3) is 0.286. The first-order valence-corrected chi connectivity index (χ1v) is 8.62. The third kappa shape index (κ3) is 4.63. The predicted molar refractivity (Wildman–Crippen MR) is 98.8 cm³/mol. The van der Waals surface area contributed by atoms with Crippen LogP contribution in [0.3, 0.4) is 0 Å². The minimum Gasteiger partial charge on any atom is -0.494 e. The van der Waals surface area contributed by atoms with Gasteiger partial charge in [0.2, 0.25) is 5.91 Å². The number of amides is 1. The maximum Gasteiger partial charge on any atom is 0.224 e. The maximum absolute atomic E-state index is 12.2. The van der Waals surface area contributed by atoms with E-state index in [1.165, 1.54) is 0 Å². The van der Waals surface area contributed by atoms with Gasteiger partial charge in [0.25, 0.3) is 0 Å². The van der Waals surface area contributed by atoms with Crippen molar-refractivity contribution in [1.82, 2.24) is 5.32 Å². The maximum atomic E-state index is 12.2. The number of hydrogen-bond acceptors (Lipinski definition) is 3. The highest BCUT2D eigenvalue weighted by molar-refractivity contribution is 5.79. The monoisotopic (exact) mass is 337 g/mol. The molecule has 0 saturated heterocycles. The number of fused-ring (bicyclic) bond motifs is 1. The lowest BCUT2D eigenvalue weighted by Crippen LogP contribution is -2.35. The SMILES string of the molecule is CCOc1ccc(CC(=O)N[C@H](C)Cc2cc3ccccc3o2)cc1. The Morgan fingerprint density at radius 1 is 1.16 bits per heavy atom. The van der Waals surface area contributed by atoms with Crippen LogP contribution in [0.5, 0.6) is 5.75 Å². The predicted octanol–water partition coefficient (Wildman–Crippen LogP) is 4.12. The van der Waals surface area contributed by atoms with Gasteiger partial charge in [-0.3, -0.25) is 4.79 Å². The summed E-state index contributed by atoms with van der Waals surface area (Å²) >= 11 is 0. The zero-order valence-electron chi connectivity index (χ0n) is 14.6. The summed E-state index contributed by atoms with van der Waals surface area (Å²) in [6, 6.07) is 17.6. The molecule has 25 heavy (non-hydrogen) atoms. The van der Waals surface area contributed by atoms with E-state index in [1.807, 2.05) is 68.4 Å². The van der Waals surface area contributed by atoms with Gasteiger partial charge in [-0.1, -0.05) is 30.3 Å². The molecule has 4 nitrogen and oxygen atoms in total. The second-order valence-corrected chi connectivity index (χ2v) is 6.18. The van der Waals surface area contributed by atoms with Crippen LogP contribution in [-0.4, -0.2) is 18.6 Å². The molecule has 1 heterocycles. The second kappa shape index (κ2) is 7.88. The Hall–Kier alpha value is -2.75. The molecule has 1 aromatic heterocycles. The van der Waals surface area contributed by atoms with Crippen molar-refractivity contribution < 1.29 is 13.9 Å². The Kier molecular flexibility index (Phi) is 5.39. The van der Waals surface area contributed by atoms with Crippen LogP contribution in [0.1, 0.15) is 25.2 Å². The fourth-order valence-electron chi connectivity index (χ4n) is 2.87. The average Bonchev–Trinajstić information content (AvgIpc) is 2.98. The molecule has 0 unspecified atom stereocenters. The van der Waals surface area contributed by atoms with E-state index in [9.17, 15) is 4.79 Å². The van der Waals surface area contributed by atoms with Gasteiger partial charge in [-0.25, -0.2) is 0 Å². The Morgan fingerprint density at radius 3 is 2.64 bits per heavy atom. The Labute approximate surface area is 147 Å². The van der Waals surface area contributed by atoms with Gasteiger partial charge >= 0.3 is 0 Å². The molecule has 0 bridgehead atoms. The first-order chi connectivity index (χ1) is 12.1. The lowest BCUT2D eigenvalue weighted by Gasteiger charge is -2.12. The summed E-state index contributed by atoms with van der Waals surface area (Å²) in [5.74, 6) is 1.72. The highest BCUT2D eigenvalue weighted by atomic mass is 16.5. The summed E-state index contributed by atoms with van der Waals surface area (Å²) in [4.78, 5) is 12.2. The summed E-state index contributed by atoms with van der Waals surface area (Å²) in [6.07, 6.45) is 1.03. The minimum absolute atomic E-state index is 0.00720. The molecule has 2 aromatic carbocycles. The minimum atomic E-state index is 0.00720. The van der Waals surface area contributed by atoms with Crippen molar-refractivity contribution in [2.75, 3.05) is 6.61 Å². The molecule has 0 aliphatic heterocycles. The van der Waals surface area contributed by atoms with E-state index in [-0.39, 0.29) is 11.9 Å². The lowest BCUT2D eigenvalue weighted by atomic mass is 10.1. The highest BCUT2D eigenvalue weighted by Crippen LogP contribution is 2.20. The Balaban J connectivity index is 1.53. The van der Waals surface area contributed by atoms with Crippen LogP contribution < -0.4 is 10.1 Å². The summed E-state index contributed by atoms with van der Waals surface area (Å²) < 4.78 is 11.2. The molecule has 1 atom stereocenters. The van der Waals surface area contributed by atoms with Crippen LogP contribution in [0.4, 0.5) is 0 Å². The van der Waals surface area contributed by atoms with Crippen molar-refractivity contribution in [2.24, 2.45) is 0 Å². The zero-order chi connectivity index (χ0) is 17.6. The molecule has 0 spiro atoms. The van der Waals surface area contributed by atoms with Crippen LogP contribution in [0.2, 0.25) is 0 Å². The lowest BCUT2D eigenvalue weighted by molar-refractivity contribution is -0.121. The van der Waals surface area contributed by atoms with Crippen LogP contribution >= 0.6 is 0 Å². The van der Waals surface area contributed by atoms with Gasteiger partial charge in [0.1, 0.15) is 17.1 Å². The number of carbonyl (C=O) groups is 1. The molecule has 0 aliphatic rings. The van der Waals surface area contributed by atoms with Crippen molar-refractivity contribution in [3.63, 3.8) is 0 Å². The van der Waals surface area contributed by atoms with Crippen molar-refractivity contribution in [3.05, 3.63) is 65.9 Å². The van der Waals surface area contributed by atoms with E-state index in [0.29, 0.717) is 19.4 Å². The Morgan fingerprint density at radius 2 is 1.92 bits per heavy atom. The molecule has 1 N–H and O–H groups in total. The zero-order valence-corrected chi connectivity index (χ0v) is 14.6. The van der Waals surface area contributed by atoms with Gasteiger partial charge in [0.05, 0.1) is 13.0 Å². The van der Waals surface area contributed by atoms with Crippen LogP contribution in [0.15, 0.2) is 59.0 Å². The summed E-state index contributed by atoms with van der Waals surface area (Å²) in [7, 11) is 0. The van der Waals surface area contributed by atoms with Gasteiger partial charge in [-0.05, 0) is 43.7 Å². The van der Waals surface area contributed by atoms with Crippen molar-refractivity contribution >= 4 is 16.9 Å².